The van der Waals surface area contributed by atoms with Crippen LogP contribution in [0.25, 0.3) is 0 Å². The number of alkyl carbamates (subject to hydrolysis) is 1. The molecule has 29 nitrogen and oxygen atoms in total. The molecule has 0 radical (unpaired) electrons. The predicted molar refractivity (Wildman–Crippen MR) is 432 cm³/mol. The van der Waals surface area contributed by atoms with Crippen molar-refractivity contribution in [1.82, 2.24) is 5.32 Å². The molecule has 1 heterocycles. The van der Waals surface area contributed by atoms with Gasteiger partial charge in [0.15, 0.2) is 6.29 Å². The molecule has 0 aromatic carbocycles. The molecule has 0 saturated carbocycles. The smallest absolute Gasteiger partial charge is 0.410 e. The molecule has 0 bridgehead atoms. The minimum absolute atomic E-state index is 0.111. The maximum absolute atomic E-state index is 13.6. The van der Waals surface area contributed by atoms with E-state index in [-0.39, 0.29) is 38.9 Å². The largest absolute Gasteiger partial charge is 0.460 e. The first-order chi connectivity index (χ1) is 55.5. The van der Waals surface area contributed by atoms with Crippen LogP contribution in [-0.2, 0) is 99.7 Å². The summed E-state index contributed by atoms with van der Waals surface area (Å²) in [6, 6.07) is -1.37. The summed E-state index contributed by atoms with van der Waals surface area (Å²) >= 11 is 0. The normalized spacial score (nSPS) is 16.7. The van der Waals surface area contributed by atoms with Crippen LogP contribution in [0, 0.1) is 0 Å². The van der Waals surface area contributed by atoms with Crippen LogP contribution in [0.4, 0.5) is 4.79 Å². The monoisotopic (exact) mass is 1630 g/mol. The van der Waals surface area contributed by atoms with E-state index in [1.165, 1.54) is 167 Å². The van der Waals surface area contributed by atoms with Crippen molar-refractivity contribution in [3.05, 3.63) is 0 Å². The number of nitrogens with one attached hydrogen (secondary N) is 1. The number of nitrogens with zero attached hydrogens (tertiary/aromatic N) is 1. The number of esters is 2. The number of aliphatic hydroxyl groups excluding tert-OH is 5. The van der Waals surface area contributed by atoms with Gasteiger partial charge in [-0.2, -0.15) is 0 Å². The van der Waals surface area contributed by atoms with Gasteiger partial charge in [0.2, 0.25) is 6.79 Å². The summed E-state index contributed by atoms with van der Waals surface area (Å²) in [7, 11) is 1.64. The lowest BCUT2D eigenvalue weighted by Crippen LogP contribution is -2.60. The van der Waals surface area contributed by atoms with Gasteiger partial charge in [0.25, 0.3) is 0 Å². The molecular weight excluding hydrogens is 1470 g/mol. The van der Waals surface area contributed by atoms with Crippen LogP contribution in [0.3, 0.4) is 0 Å². The van der Waals surface area contributed by atoms with Gasteiger partial charge in [0.1, 0.15) is 43.2 Å². The lowest BCUT2D eigenvalue weighted by Gasteiger charge is -2.40. The lowest BCUT2D eigenvalue weighted by atomic mass is 9.98. The van der Waals surface area contributed by atoms with Gasteiger partial charge in [0, 0.05) is 13.5 Å². The van der Waals surface area contributed by atoms with Gasteiger partial charge < -0.3 is 121 Å². The molecule has 0 unspecified atom stereocenters. The first kappa shape index (κ1) is 108. The summed E-state index contributed by atoms with van der Waals surface area (Å²) in [5.41, 5.74) is 0.505. The molecule has 1 fully saturated rings. The third-order valence-electron chi connectivity index (χ3n) is 19.2. The maximum atomic E-state index is 13.6. The summed E-state index contributed by atoms with van der Waals surface area (Å²) < 4.78 is 98.7. The minimum atomic E-state index is -1.77. The highest BCUT2D eigenvalue weighted by molar-refractivity contribution is 5.85. The number of amides is 1. The molecular formula is C84H162N2O27. The number of carbonyl (C=O) groups is 3. The molecule has 8 atom stereocenters. The molecule has 1 saturated heterocycles. The van der Waals surface area contributed by atoms with Gasteiger partial charge in [-0.1, -0.05) is 231 Å². The Balaban J connectivity index is 2.39. The summed E-state index contributed by atoms with van der Waals surface area (Å²) in [5.74, 6) is -1.18. The highest BCUT2D eigenvalue weighted by Gasteiger charge is 2.45. The minimum Gasteiger partial charge on any atom is -0.460 e. The molecule has 1 aliphatic rings. The lowest BCUT2D eigenvalue weighted by molar-refractivity contribution is -0.303. The van der Waals surface area contributed by atoms with Crippen LogP contribution < -0.4 is 5.32 Å². The van der Waals surface area contributed by atoms with Gasteiger partial charge >= 0.3 is 18.0 Å². The number of methoxy groups -OCH3 is 1. The summed E-state index contributed by atoms with van der Waals surface area (Å²) in [5, 5.41) is 60.2. The van der Waals surface area contributed by atoms with Crippen molar-refractivity contribution in [3.8, 4) is 0 Å². The number of rotatable bonds is 90. The number of ether oxygens (including phenoxy) is 18. The summed E-state index contributed by atoms with van der Waals surface area (Å²) in [6.45, 7) is 15.7. The molecule has 0 spiro atoms. The molecule has 0 aromatic heterocycles. The number of hydrogen-bond acceptors (Lipinski definition) is 28. The van der Waals surface area contributed by atoms with E-state index in [0.717, 1.165) is 44.9 Å². The Kier molecular flexibility index (Phi) is 81.4. The van der Waals surface area contributed by atoms with Crippen molar-refractivity contribution >= 4 is 23.7 Å². The summed E-state index contributed by atoms with van der Waals surface area (Å²) in [4.78, 5) is 45.0. The number of carbonyl (C=O) groups excluding carboxylic acids is 3. The highest BCUT2D eigenvalue weighted by atomic mass is 16.7. The van der Waals surface area contributed by atoms with Crippen LogP contribution in [0.15, 0.2) is 5.16 Å². The standard InChI is InChI=1S/C84H162N2O27/c1-5-7-9-11-13-15-17-19-20-21-22-23-24-25-26-27-28-29-31-33-35-37-39-41-78(89)112-75(40-38-36-34-32-30-18-16-14-12-10-8-6-2)79(90)74(71-108-83-82(93)81(92)80(91)76(70-87)113-83)85-84(94)110-72-109-77(88)43-42-73(3)86-111-69-68-107-67-66-106-65-64-105-63-62-104-61-60-103-59-58-102-57-56-101-55-54-100-53-52-99-51-50-98-49-48-97-47-46-96-45-44-95-4/h74-76,79-83,87,90-93H,5-72H2,1-4H3,(H,85,94)/b86-73+/t74-,75+,76+,79-,80-,81-,82+,83-/m0/s1. The van der Waals surface area contributed by atoms with E-state index >= 15 is 0 Å². The van der Waals surface area contributed by atoms with Crippen molar-refractivity contribution < 1.29 is 130 Å². The summed E-state index contributed by atoms with van der Waals surface area (Å²) in [6.07, 6.45) is 31.1. The molecule has 0 aliphatic carbocycles. The van der Waals surface area contributed by atoms with E-state index < -0.39 is 87.0 Å². The van der Waals surface area contributed by atoms with E-state index in [0.29, 0.717) is 177 Å². The molecule has 113 heavy (non-hydrogen) atoms. The fourth-order valence-electron chi connectivity index (χ4n) is 12.3. The molecule has 29 heteroatoms. The second-order valence-electron chi connectivity index (χ2n) is 29.1. The maximum Gasteiger partial charge on any atom is 0.410 e. The van der Waals surface area contributed by atoms with Crippen molar-refractivity contribution in [1.29, 1.82) is 0 Å². The third-order valence-corrected chi connectivity index (χ3v) is 19.2. The predicted octanol–water partition coefficient (Wildman–Crippen LogP) is 12.2. The Morgan fingerprint density at radius 2 is 0.717 bits per heavy atom. The average Bonchev–Trinajstić information content (AvgIpc) is 0.818. The van der Waals surface area contributed by atoms with Crippen molar-refractivity contribution in [3.63, 3.8) is 0 Å². The molecule has 670 valence electrons. The van der Waals surface area contributed by atoms with Crippen molar-refractivity contribution in [2.45, 2.75) is 320 Å². The molecule has 1 aliphatic heterocycles. The van der Waals surface area contributed by atoms with Gasteiger partial charge in [0.05, 0.1) is 197 Å². The number of aliphatic hydroxyl groups is 5. The Morgan fingerprint density at radius 1 is 0.389 bits per heavy atom. The van der Waals surface area contributed by atoms with Crippen molar-refractivity contribution in [2.75, 3.05) is 199 Å². The van der Waals surface area contributed by atoms with E-state index in [9.17, 15) is 39.9 Å². The first-order valence-electron chi connectivity index (χ1n) is 43.9. The highest BCUT2D eigenvalue weighted by Crippen LogP contribution is 2.25. The molecule has 1 amide bonds. The van der Waals surface area contributed by atoms with Gasteiger partial charge in [-0.15, -0.1) is 0 Å². The Hall–Kier alpha value is -3.12. The average molecular weight is 1630 g/mol. The topological polar surface area (TPSA) is 352 Å². The number of hydrogen-bond donors (Lipinski definition) is 6. The fourth-order valence-corrected chi connectivity index (χ4v) is 12.3. The van der Waals surface area contributed by atoms with E-state index in [1.54, 1.807) is 14.0 Å². The number of oxime groups is 1. The zero-order chi connectivity index (χ0) is 81.9. The Labute approximate surface area is 680 Å². The zero-order valence-corrected chi connectivity index (χ0v) is 70.9. The van der Waals surface area contributed by atoms with Crippen LogP contribution in [-0.4, -0.2) is 297 Å². The van der Waals surface area contributed by atoms with Gasteiger partial charge in [-0.3, -0.25) is 9.59 Å². The molecule has 0 aromatic rings. The van der Waals surface area contributed by atoms with Crippen LogP contribution in [0.1, 0.15) is 271 Å². The Bertz CT molecular complexity index is 2050. The SMILES string of the molecule is CCCCCCCCCCCCCCCCCCCCCCCCCC(=O)O[C@H](CCCCCCCCCCCCCC)[C@@H](O)[C@H](CO[C@H]1O[C@H](CO)[C@H](O)[C@H](O)[C@H]1O)NC(=O)OCOC(=O)CC/C(C)=N/OCCOCCOCCOCCOCCOCCOCCOCCOCCOCCOCCOCCOCCOC. The van der Waals surface area contributed by atoms with E-state index in [2.05, 4.69) is 24.3 Å². The first-order valence-corrected chi connectivity index (χ1v) is 43.9. The van der Waals surface area contributed by atoms with Crippen LogP contribution >= 0.6 is 0 Å². The van der Waals surface area contributed by atoms with Crippen LogP contribution in [0.2, 0.25) is 0 Å². The van der Waals surface area contributed by atoms with Crippen molar-refractivity contribution in [2.24, 2.45) is 5.16 Å². The second kappa shape index (κ2) is 85.3. The third kappa shape index (κ3) is 71.5. The second-order valence-corrected chi connectivity index (χ2v) is 29.1. The van der Waals surface area contributed by atoms with Gasteiger partial charge in [-0.25, -0.2) is 4.79 Å². The van der Waals surface area contributed by atoms with E-state index in [1.807, 2.05) is 0 Å². The Morgan fingerprint density at radius 3 is 1.06 bits per heavy atom. The fraction of sp³-hybridized carbons (Fsp3) is 0.952. The van der Waals surface area contributed by atoms with E-state index in [4.69, 9.17) is 90.1 Å². The molecule has 1 rings (SSSR count). The van der Waals surface area contributed by atoms with Gasteiger partial charge in [-0.05, 0) is 32.6 Å². The zero-order valence-electron chi connectivity index (χ0n) is 70.9. The number of unbranched alkanes of at least 4 members (excludes halogenated alkanes) is 33. The quantitative estimate of drug-likeness (QED) is 0.0108. The van der Waals surface area contributed by atoms with Crippen LogP contribution in [0.5, 0.6) is 0 Å². The molecule has 6 N–H and O–H groups in total.